The van der Waals surface area contributed by atoms with Gasteiger partial charge in [0.05, 0.1) is 34.9 Å². The van der Waals surface area contributed by atoms with Gasteiger partial charge in [0, 0.05) is 18.3 Å². The second-order valence-electron chi connectivity index (χ2n) is 6.70. The van der Waals surface area contributed by atoms with Crippen LogP contribution in [0.5, 0.6) is 11.5 Å². The summed E-state index contributed by atoms with van der Waals surface area (Å²) in [6.07, 6.45) is 0. The van der Waals surface area contributed by atoms with Gasteiger partial charge >= 0.3 is 0 Å². The molecule has 1 heterocycles. The van der Waals surface area contributed by atoms with Gasteiger partial charge in [-0.25, -0.2) is 18.5 Å². The molecule has 0 saturated carbocycles. The Morgan fingerprint density at radius 2 is 1.81 bits per heavy atom. The summed E-state index contributed by atoms with van der Waals surface area (Å²) in [5, 5.41) is 8.68. The number of sulfonamides is 1. The molecule has 9 nitrogen and oxygen atoms in total. The molecule has 0 aliphatic carbocycles. The number of amides is 1. The van der Waals surface area contributed by atoms with Crippen LogP contribution in [0, 0.1) is 0 Å². The molecule has 3 N–H and O–H groups in total. The number of primary sulfonamides is 1. The number of fused-ring (bicyclic) bond motifs is 1. The van der Waals surface area contributed by atoms with E-state index in [0.29, 0.717) is 47.6 Å². The minimum atomic E-state index is -3.82. The Balaban J connectivity index is 1.73. The maximum absolute atomic E-state index is 12.5. The molecule has 0 radical (unpaired) electrons. The summed E-state index contributed by atoms with van der Waals surface area (Å²) in [5.41, 5.74) is 1.88. The van der Waals surface area contributed by atoms with Crippen LogP contribution in [-0.2, 0) is 21.4 Å². The number of thioether (sulfide) groups is 1. The minimum absolute atomic E-state index is 0.000600. The first kappa shape index (κ1) is 23.9. The van der Waals surface area contributed by atoms with E-state index in [2.05, 4.69) is 10.3 Å². The van der Waals surface area contributed by atoms with E-state index in [1.165, 1.54) is 23.9 Å². The van der Waals surface area contributed by atoms with Crippen LogP contribution in [0.15, 0.2) is 46.5 Å². The Morgan fingerprint density at radius 1 is 1.09 bits per heavy atom. The highest BCUT2D eigenvalue weighted by Gasteiger charge is 2.16. The third-order valence-electron chi connectivity index (χ3n) is 4.49. The molecule has 11 heteroatoms. The number of rotatable bonds is 10. The summed E-state index contributed by atoms with van der Waals surface area (Å²) < 4.78 is 36.3. The van der Waals surface area contributed by atoms with Crippen LogP contribution in [0.4, 0.5) is 5.69 Å². The van der Waals surface area contributed by atoms with Gasteiger partial charge in [0.15, 0.2) is 16.7 Å². The summed E-state index contributed by atoms with van der Waals surface area (Å²) in [6, 6.07) is 9.81. The number of carbonyl (C=O) groups excluding carboxylic acids is 1. The van der Waals surface area contributed by atoms with Crippen molar-refractivity contribution in [2.24, 2.45) is 5.14 Å². The van der Waals surface area contributed by atoms with Crippen LogP contribution in [0.2, 0.25) is 0 Å². The van der Waals surface area contributed by atoms with Gasteiger partial charge in [0.1, 0.15) is 0 Å². The highest BCUT2D eigenvalue weighted by Crippen LogP contribution is 2.31. The largest absolute Gasteiger partial charge is 0.490 e. The van der Waals surface area contributed by atoms with Gasteiger partial charge in [-0.05, 0) is 51.1 Å². The van der Waals surface area contributed by atoms with E-state index < -0.39 is 10.0 Å². The Morgan fingerprint density at radius 3 is 2.47 bits per heavy atom. The van der Waals surface area contributed by atoms with Crippen molar-refractivity contribution in [2.75, 3.05) is 24.3 Å². The van der Waals surface area contributed by atoms with Gasteiger partial charge in [0.2, 0.25) is 15.9 Å². The van der Waals surface area contributed by atoms with Crippen molar-refractivity contribution in [2.45, 2.75) is 37.4 Å². The number of anilines is 1. The Bertz CT molecular complexity index is 1220. The predicted octanol–water partition coefficient (Wildman–Crippen LogP) is 3.23. The zero-order chi connectivity index (χ0) is 23.3. The summed E-state index contributed by atoms with van der Waals surface area (Å²) in [4.78, 5) is 17.0. The fourth-order valence-electron chi connectivity index (χ4n) is 3.14. The summed E-state index contributed by atoms with van der Waals surface area (Å²) in [7, 11) is -3.82. The molecule has 0 bridgehead atoms. The molecule has 0 saturated heterocycles. The smallest absolute Gasteiger partial charge is 0.238 e. The Labute approximate surface area is 191 Å². The lowest BCUT2D eigenvalue weighted by molar-refractivity contribution is -0.113. The van der Waals surface area contributed by atoms with Gasteiger partial charge in [-0.2, -0.15) is 0 Å². The number of aromatic nitrogens is 2. The van der Waals surface area contributed by atoms with Crippen molar-refractivity contribution in [1.82, 2.24) is 9.55 Å². The average Bonchev–Trinajstić information content (AvgIpc) is 3.10. The molecule has 0 unspecified atom stereocenters. The molecule has 3 aromatic rings. The number of nitrogens with two attached hydrogens (primary N) is 1. The highest BCUT2D eigenvalue weighted by molar-refractivity contribution is 7.99. The van der Waals surface area contributed by atoms with Crippen molar-refractivity contribution < 1.29 is 22.7 Å². The molecule has 0 atom stereocenters. The lowest BCUT2D eigenvalue weighted by atomic mass is 10.2. The third kappa shape index (κ3) is 5.53. The van der Waals surface area contributed by atoms with E-state index in [-0.39, 0.29) is 16.6 Å². The van der Waals surface area contributed by atoms with E-state index in [9.17, 15) is 13.2 Å². The minimum Gasteiger partial charge on any atom is -0.490 e. The zero-order valence-electron chi connectivity index (χ0n) is 18.1. The Kier molecular flexibility index (Phi) is 7.64. The van der Waals surface area contributed by atoms with Crippen LogP contribution < -0.4 is 19.9 Å². The molecule has 172 valence electrons. The van der Waals surface area contributed by atoms with Crippen LogP contribution in [0.1, 0.15) is 20.8 Å². The quantitative estimate of drug-likeness (QED) is 0.429. The number of carbonyl (C=O) groups is 1. The first-order valence-electron chi connectivity index (χ1n) is 10.1. The molecule has 1 aromatic heterocycles. The zero-order valence-corrected chi connectivity index (χ0v) is 19.8. The fourth-order valence-corrected chi connectivity index (χ4v) is 4.55. The number of imidazole rings is 1. The molecular formula is C21H26N4O5S2. The molecule has 0 fully saturated rings. The van der Waals surface area contributed by atoms with Crippen LogP contribution in [0.3, 0.4) is 0 Å². The van der Waals surface area contributed by atoms with Gasteiger partial charge < -0.3 is 19.4 Å². The molecule has 3 rings (SSSR count). The van der Waals surface area contributed by atoms with Crippen molar-refractivity contribution >= 4 is 44.4 Å². The van der Waals surface area contributed by atoms with Crippen LogP contribution in [-0.4, -0.2) is 42.8 Å². The maximum atomic E-state index is 12.5. The van der Waals surface area contributed by atoms with E-state index in [0.717, 1.165) is 5.52 Å². The van der Waals surface area contributed by atoms with Gasteiger partial charge in [-0.15, -0.1) is 0 Å². The standard InChI is InChI=1S/C21H26N4O5S2/c1-4-25-17-9-8-15(32(22,27)28)12-16(17)24-21(25)31-13-20(26)23-14-7-10-18(29-5-2)19(11-14)30-6-3/h7-12H,4-6,13H2,1-3H3,(H,23,26)(H2,22,27,28). The molecule has 0 spiro atoms. The van der Waals surface area contributed by atoms with E-state index in [1.54, 1.807) is 24.3 Å². The lowest BCUT2D eigenvalue weighted by Crippen LogP contribution is -2.14. The first-order chi connectivity index (χ1) is 15.3. The number of benzene rings is 2. The fraction of sp³-hybridized carbons (Fsp3) is 0.333. The number of aryl methyl sites for hydroxylation is 1. The van der Waals surface area contributed by atoms with Crippen molar-refractivity contribution in [3.8, 4) is 11.5 Å². The third-order valence-corrected chi connectivity index (χ3v) is 6.38. The Hall–Kier alpha value is -2.76. The van der Waals surface area contributed by atoms with Gasteiger partial charge in [0.25, 0.3) is 0 Å². The number of ether oxygens (including phenoxy) is 2. The highest BCUT2D eigenvalue weighted by atomic mass is 32.2. The predicted molar refractivity (Wildman–Crippen MR) is 125 cm³/mol. The molecule has 1 amide bonds. The number of hydrogen-bond donors (Lipinski definition) is 2. The summed E-state index contributed by atoms with van der Waals surface area (Å²) >= 11 is 1.27. The normalized spacial score (nSPS) is 11.5. The molecule has 0 aliphatic rings. The van der Waals surface area contributed by atoms with Crippen LogP contribution >= 0.6 is 11.8 Å². The van der Waals surface area contributed by atoms with Crippen molar-refractivity contribution in [3.63, 3.8) is 0 Å². The molecule has 32 heavy (non-hydrogen) atoms. The number of nitrogens with one attached hydrogen (secondary N) is 1. The SMILES string of the molecule is CCOc1ccc(NC(=O)CSc2nc3cc(S(N)(=O)=O)ccc3n2CC)cc1OCC. The second kappa shape index (κ2) is 10.2. The van der Waals surface area contributed by atoms with E-state index in [1.807, 2.05) is 25.3 Å². The first-order valence-corrected chi connectivity index (χ1v) is 12.6. The maximum Gasteiger partial charge on any atom is 0.238 e. The monoisotopic (exact) mass is 478 g/mol. The van der Waals surface area contributed by atoms with Gasteiger partial charge in [-0.3, -0.25) is 4.79 Å². The summed E-state index contributed by atoms with van der Waals surface area (Å²) in [5.74, 6) is 1.11. The van der Waals surface area contributed by atoms with Crippen molar-refractivity contribution in [1.29, 1.82) is 0 Å². The van der Waals surface area contributed by atoms with E-state index >= 15 is 0 Å². The average molecular weight is 479 g/mol. The topological polar surface area (TPSA) is 126 Å². The van der Waals surface area contributed by atoms with Crippen LogP contribution in [0.25, 0.3) is 11.0 Å². The van der Waals surface area contributed by atoms with Crippen molar-refractivity contribution in [3.05, 3.63) is 36.4 Å². The van der Waals surface area contributed by atoms with E-state index in [4.69, 9.17) is 14.6 Å². The van der Waals surface area contributed by atoms with Gasteiger partial charge in [-0.1, -0.05) is 11.8 Å². The molecular weight excluding hydrogens is 452 g/mol. The number of nitrogens with zero attached hydrogens (tertiary/aromatic N) is 2. The molecule has 0 aliphatic heterocycles. The lowest BCUT2D eigenvalue weighted by Gasteiger charge is -2.13. The second-order valence-corrected chi connectivity index (χ2v) is 9.20. The molecule has 2 aromatic carbocycles. The summed E-state index contributed by atoms with van der Waals surface area (Å²) in [6.45, 7) is 7.33. The number of hydrogen-bond acceptors (Lipinski definition) is 7.